The van der Waals surface area contributed by atoms with Crippen LogP contribution in [0.2, 0.25) is 5.02 Å². The molecule has 2 rings (SSSR count). The molecule has 4 N–H and O–H groups in total. The molecule has 1 aromatic heterocycles. The summed E-state index contributed by atoms with van der Waals surface area (Å²) >= 11 is 5.81. The van der Waals surface area contributed by atoms with E-state index in [-0.39, 0.29) is 5.82 Å². The van der Waals surface area contributed by atoms with E-state index in [1.807, 2.05) is 30.3 Å². The van der Waals surface area contributed by atoms with Gasteiger partial charge in [-0.25, -0.2) is 4.68 Å². The molecule has 0 atom stereocenters. The second-order valence-corrected chi connectivity index (χ2v) is 3.21. The number of aromatic nitrogens is 2. The van der Waals surface area contributed by atoms with E-state index >= 15 is 0 Å². The van der Waals surface area contributed by atoms with Crippen molar-refractivity contribution in [2.24, 2.45) is 0 Å². The molecule has 0 fully saturated rings. The second-order valence-electron chi connectivity index (χ2n) is 2.83. The molecule has 0 amide bonds. The lowest BCUT2D eigenvalue weighted by Crippen LogP contribution is -2.01. The van der Waals surface area contributed by atoms with Crippen molar-refractivity contribution in [1.29, 1.82) is 0 Å². The van der Waals surface area contributed by atoms with E-state index in [1.54, 1.807) is 0 Å². The van der Waals surface area contributed by atoms with Gasteiger partial charge in [0, 0.05) is 0 Å². The van der Waals surface area contributed by atoms with Crippen molar-refractivity contribution in [3.63, 3.8) is 0 Å². The van der Waals surface area contributed by atoms with Gasteiger partial charge in [-0.05, 0) is 12.1 Å². The summed E-state index contributed by atoms with van der Waals surface area (Å²) in [4.78, 5) is 0. The molecule has 0 bridgehead atoms. The summed E-state index contributed by atoms with van der Waals surface area (Å²) in [6.07, 6.45) is 0. The summed E-state index contributed by atoms with van der Waals surface area (Å²) in [6.45, 7) is 0. The molecular formula is C9H9ClN4. The van der Waals surface area contributed by atoms with Crippen LogP contribution in [0.5, 0.6) is 0 Å². The molecule has 72 valence electrons. The molecule has 5 heteroatoms. The molecule has 0 aliphatic carbocycles. The number of halogens is 1. The predicted molar refractivity (Wildman–Crippen MR) is 57.4 cm³/mol. The maximum absolute atomic E-state index is 5.81. The number of hydrogen-bond acceptors (Lipinski definition) is 3. The highest BCUT2D eigenvalue weighted by Crippen LogP contribution is 2.27. The quantitative estimate of drug-likeness (QED) is 0.749. The summed E-state index contributed by atoms with van der Waals surface area (Å²) in [5.74, 6) is 0.600. The average molecular weight is 209 g/mol. The number of benzene rings is 1. The minimum atomic E-state index is 0.244. The minimum absolute atomic E-state index is 0.244. The first-order chi connectivity index (χ1) is 6.70. The number of rotatable bonds is 1. The Kier molecular flexibility index (Phi) is 2.05. The number of nitrogens with two attached hydrogens (primary N) is 2. The zero-order valence-electron chi connectivity index (χ0n) is 7.31. The molecule has 0 saturated carbocycles. The molecule has 14 heavy (non-hydrogen) atoms. The van der Waals surface area contributed by atoms with E-state index in [0.29, 0.717) is 10.8 Å². The standard InChI is InChI=1S/C9H9ClN4/c10-7-8(11)13-14(9(7)12)6-4-2-1-3-5-6/h1-5H,12H2,(H2,11,13). The lowest BCUT2D eigenvalue weighted by Gasteiger charge is -2.02. The van der Waals surface area contributed by atoms with Gasteiger partial charge in [0.15, 0.2) is 5.82 Å². The Morgan fingerprint density at radius 2 is 1.79 bits per heavy atom. The second kappa shape index (κ2) is 3.23. The van der Waals surface area contributed by atoms with Gasteiger partial charge in [0.05, 0.1) is 5.69 Å². The number of hydrogen-bond donors (Lipinski definition) is 2. The fourth-order valence-corrected chi connectivity index (χ4v) is 1.31. The third-order valence-corrected chi connectivity index (χ3v) is 2.27. The van der Waals surface area contributed by atoms with Crippen LogP contribution in [-0.2, 0) is 0 Å². The predicted octanol–water partition coefficient (Wildman–Crippen LogP) is 1.69. The van der Waals surface area contributed by atoms with Gasteiger partial charge in [0.2, 0.25) is 0 Å². The molecule has 0 spiro atoms. The summed E-state index contributed by atoms with van der Waals surface area (Å²) in [6, 6.07) is 9.44. The molecule has 1 aromatic carbocycles. The van der Waals surface area contributed by atoms with Gasteiger partial charge in [-0.15, -0.1) is 5.10 Å². The van der Waals surface area contributed by atoms with Gasteiger partial charge in [0.1, 0.15) is 10.8 Å². The summed E-state index contributed by atoms with van der Waals surface area (Å²) in [5.41, 5.74) is 12.1. The van der Waals surface area contributed by atoms with Crippen molar-refractivity contribution in [2.45, 2.75) is 0 Å². The highest BCUT2D eigenvalue weighted by Gasteiger charge is 2.11. The molecule has 0 aliphatic heterocycles. The maximum atomic E-state index is 5.81. The van der Waals surface area contributed by atoms with Crippen LogP contribution in [0.25, 0.3) is 5.69 Å². The van der Waals surface area contributed by atoms with Crippen molar-refractivity contribution < 1.29 is 0 Å². The summed E-state index contributed by atoms with van der Waals surface area (Å²) in [5, 5.41) is 4.32. The van der Waals surface area contributed by atoms with Crippen LogP contribution in [0.15, 0.2) is 30.3 Å². The van der Waals surface area contributed by atoms with E-state index in [0.717, 1.165) is 5.69 Å². The Morgan fingerprint density at radius 3 is 2.29 bits per heavy atom. The third kappa shape index (κ3) is 1.29. The maximum Gasteiger partial charge on any atom is 0.167 e. The van der Waals surface area contributed by atoms with Gasteiger partial charge in [0.25, 0.3) is 0 Å². The highest BCUT2D eigenvalue weighted by molar-refractivity contribution is 6.35. The normalized spacial score (nSPS) is 10.4. The van der Waals surface area contributed by atoms with Crippen LogP contribution in [0.3, 0.4) is 0 Å². The van der Waals surface area contributed by atoms with E-state index in [4.69, 9.17) is 23.1 Å². The number of nitrogen functional groups attached to an aromatic ring is 2. The Morgan fingerprint density at radius 1 is 1.14 bits per heavy atom. The lowest BCUT2D eigenvalue weighted by atomic mass is 10.3. The fraction of sp³-hybridized carbons (Fsp3) is 0. The first-order valence-corrected chi connectivity index (χ1v) is 4.43. The summed E-state index contributed by atoms with van der Waals surface area (Å²) in [7, 11) is 0. The van der Waals surface area contributed by atoms with Crippen LogP contribution in [0.4, 0.5) is 11.6 Å². The van der Waals surface area contributed by atoms with Gasteiger partial charge in [-0.3, -0.25) is 0 Å². The molecule has 2 aromatic rings. The fourth-order valence-electron chi connectivity index (χ4n) is 1.20. The molecule has 1 heterocycles. The molecule has 4 nitrogen and oxygen atoms in total. The van der Waals surface area contributed by atoms with E-state index in [9.17, 15) is 0 Å². The third-order valence-electron chi connectivity index (χ3n) is 1.89. The molecule has 0 radical (unpaired) electrons. The van der Waals surface area contributed by atoms with Gasteiger partial charge in [-0.2, -0.15) is 0 Å². The van der Waals surface area contributed by atoms with Crippen molar-refractivity contribution in [3.8, 4) is 5.69 Å². The zero-order chi connectivity index (χ0) is 10.1. The smallest absolute Gasteiger partial charge is 0.167 e. The van der Waals surface area contributed by atoms with E-state index in [1.165, 1.54) is 4.68 Å². The van der Waals surface area contributed by atoms with E-state index in [2.05, 4.69) is 5.10 Å². The van der Waals surface area contributed by atoms with Crippen LogP contribution in [0.1, 0.15) is 0 Å². The first-order valence-electron chi connectivity index (χ1n) is 4.05. The Bertz CT molecular complexity index is 449. The van der Waals surface area contributed by atoms with Crippen molar-refractivity contribution >= 4 is 23.2 Å². The highest BCUT2D eigenvalue weighted by atomic mass is 35.5. The molecule has 0 aliphatic rings. The largest absolute Gasteiger partial charge is 0.382 e. The lowest BCUT2D eigenvalue weighted by molar-refractivity contribution is 0.897. The minimum Gasteiger partial charge on any atom is -0.382 e. The molecule has 0 saturated heterocycles. The zero-order valence-corrected chi connectivity index (χ0v) is 8.07. The van der Waals surface area contributed by atoms with Crippen molar-refractivity contribution in [2.75, 3.05) is 11.5 Å². The SMILES string of the molecule is Nc1nn(-c2ccccc2)c(N)c1Cl. The van der Waals surface area contributed by atoms with Crippen molar-refractivity contribution in [3.05, 3.63) is 35.4 Å². The Balaban J connectivity index is 2.58. The number of anilines is 2. The Labute approximate surface area is 86.1 Å². The number of para-hydroxylation sites is 1. The van der Waals surface area contributed by atoms with Crippen LogP contribution < -0.4 is 11.5 Å². The molecule has 0 unspecified atom stereocenters. The van der Waals surface area contributed by atoms with Crippen LogP contribution in [-0.4, -0.2) is 9.78 Å². The number of nitrogens with zero attached hydrogens (tertiary/aromatic N) is 2. The average Bonchev–Trinajstić information content (AvgIpc) is 2.47. The van der Waals surface area contributed by atoms with Crippen LogP contribution in [0, 0.1) is 0 Å². The van der Waals surface area contributed by atoms with Gasteiger partial charge in [-0.1, -0.05) is 29.8 Å². The Hall–Kier alpha value is -1.68. The summed E-state index contributed by atoms with van der Waals surface area (Å²) < 4.78 is 1.51. The van der Waals surface area contributed by atoms with E-state index < -0.39 is 0 Å². The van der Waals surface area contributed by atoms with Gasteiger partial charge >= 0.3 is 0 Å². The topological polar surface area (TPSA) is 69.9 Å². The van der Waals surface area contributed by atoms with Gasteiger partial charge < -0.3 is 11.5 Å². The van der Waals surface area contributed by atoms with Crippen molar-refractivity contribution in [1.82, 2.24) is 9.78 Å². The molecular weight excluding hydrogens is 200 g/mol. The first kappa shape index (κ1) is 8.90. The van der Waals surface area contributed by atoms with Crippen LogP contribution >= 0.6 is 11.6 Å². The monoisotopic (exact) mass is 208 g/mol.